The summed E-state index contributed by atoms with van der Waals surface area (Å²) >= 11 is 0. The van der Waals surface area contributed by atoms with E-state index in [1.165, 1.54) is 25.3 Å². The molecule has 0 N–H and O–H groups in total. The van der Waals surface area contributed by atoms with Crippen LogP contribution in [0, 0.1) is 0 Å². The van der Waals surface area contributed by atoms with Gasteiger partial charge in [0, 0.05) is 0 Å². The molecule has 0 aromatic rings. The van der Waals surface area contributed by atoms with Gasteiger partial charge in [-0.2, -0.15) is 0 Å². The zero-order valence-electron chi connectivity index (χ0n) is 15.2. The predicted octanol–water partition coefficient (Wildman–Crippen LogP) is -0.683. The summed E-state index contributed by atoms with van der Waals surface area (Å²) in [6.07, 6.45) is 7.71. The standard InChI is InChI=1S/C16H28O7S.Na/c1-3-5-6-7-8-9-10-12-22-15(17)13-14(24(19,20)21)16(18)23-11-4-2;/h4,14H,2-3,5-13H2,1H3,(H,19,20,21);/q;+1/p-1. The first-order valence-corrected chi connectivity index (χ1v) is 9.68. The van der Waals surface area contributed by atoms with Crippen LogP contribution in [0.2, 0.25) is 0 Å². The maximum Gasteiger partial charge on any atom is 1.00 e. The first-order chi connectivity index (χ1) is 11.3. The van der Waals surface area contributed by atoms with Crippen LogP contribution in [0.1, 0.15) is 58.3 Å². The van der Waals surface area contributed by atoms with Crippen molar-refractivity contribution in [2.24, 2.45) is 0 Å². The third-order valence-corrected chi connectivity index (χ3v) is 4.37. The van der Waals surface area contributed by atoms with E-state index in [2.05, 4.69) is 18.2 Å². The molecule has 1 unspecified atom stereocenters. The molecule has 25 heavy (non-hydrogen) atoms. The van der Waals surface area contributed by atoms with Crippen molar-refractivity contribution in [2.45, 2.75) is 63.5 Å². The van der Waals surface area contributed by atoms with Crippen LogP contribution in [0.4, 0.5) is 0 Å². The zero-order valence-corrected chi connectivity index (χ0v) is 18.0. The van der Waals surface area contributed by atoms with Gasteiger partial charge in [0.1, 0.15) is 16.7 Å². The van der Waals surface area contributed by atoms with Gasteiger partial charge in [-0.25, -0.2) is 8.42 Å². The van der Waals surface area contributed by atoms with Gasteiger partial charge >= 0.3 is 41.5 Å². The number of rotatable bonds is 14. The second-order valence-electron chi connectivity index (χ2n) is 5.45. The van der Waals surface area contributed by atoms with Gasteiger partial charge < -0.3 is 14.0 Å². The van der Waals surface area contributed by atoms with E-state index >= 15 is 0 Å². The van der Waals surface area contributed by atoms with Gasteiger partial charge in [0.05, 0.1) is 13.0 Å². The Kier molecular flexibility index (Phi) is 17.0. The fraction of sp³-hybridized carbons (Fsp3) is 0.750. The summed E-state index contributed by atoms with van der Waals surface area (Å²) in [4.78, 5) is 23.1. The van der Waals surface area contributed by atoms with Crippen molar-refractivity contribution in [3.8, 4) is 0 Å². The molecule has 0 aliphatic rings. The number of esters is 2. The van der Waals surface area contributed by atoms with Gasteiger partial charge in [-0.15, -0.1) is 0 Å². The molecule has 0 saturated heterocycles. The summed E-state index contributed by atoms with van der Waals surface area (Å²) < 4.78 is 42.7. The number of carbonyl (C=O) groups excluding carboxylic acids is 2. The normalized spacial score (nSPS) is 11.9. The number of hydrogen-bond donors (Lipinski definition) is 0. The summed E-state index contributed by atoms with van der Waals surface area (Å²) in [6, 6.07) is 0. The van der Waals surface area contributed by atoms with Gasteiger partial charge in [-0.3, -0.25) is 9.59 Å². The summed E-state index contributed by atoms with van der Waals surface area (Å²) in [5.41, 5.74) is 0. The molecule has 0 radical (unpaired) electrons. The molecule has 0 spiro atoms. The molecule has 0 heterocycles. The van der Waals surface area contributed by atoms with Crippen molar-refractivity contribution < 1.29 is 61.6 Å². The molecule has 1 atom stereocenters. The number of unbranched alkanes of at least 4 members (excludes halogenated alkanes) is 6. The Labute approximate surface area is 172 Å². The Morgan fingerprint density at radius 1 is 1.08 bits per heavy atom. The summed E-state index contributed by atoms with van der Waals surface area (Å²) in [5, 5.41) is -2.08. The van der Waals surface area contributed by atoms with Crippen LogP contribution in [-0.4, -0.2) is 43.4 Å². The molecule has 0 amide bonds. The third-order valence-electron chi connectivity index (χ3n) is 3.32. The molecule has 0 saturated carbocycles. The molecule has 0 rings (SSSR count). The Balaban J connectivity index is 0. The fourth-order valence-electron chi connectivity index (χ4n) is 1.99. The minimum atomic E-state index is -5.00. The van der Waals surface area contributed by atoms with E-state index in [0.717, 1.165) is 19.3 Å². The molecule has 0 bridgehead atoms. The quantitative estimate of drug-likeness (QED) is 0.128. The Bertz CT molecular complexity index is 491. The van der Waals surface area contributed by atoms with Crippen molar-refractivity contribution in [2.75, 3.05) is 13.2 Å². The van der Waals surface area contributed by atoms with Gasteiger partial charge in [-0.1, -0.05) is 58.1 Å². The minimum absolute atomic E-state index is 0. The van der Waals surface area contributed by atoms with E-state index in [1.54, 1.807) is 0 Å². The van der Waals surface area contributed by atoms with Crippen molar-refractivity contribution in [1.82, 2.24) is 0 Å². The van der Waals surface area contributed by atoms with Crippen LogP contribution < -0.4 is 29.6 Å². The molecule has 9 heteroatoms. The monoisotopic (exact) mass is 386 g/mol. The van der Waals surface area contributed by atoms with Crippen LogP contribution in [0.25, 0.3) is 0 Å². The van der Waals surface area contributed by atoms with Gasteiger partial charge in [0.25, 0.3) is 0 Å². The molecule has 0 aliphatic heterocycles. The Hall–Kier alpha value is -0.410. The number of carbonyl (C=O) groups is 2. The number of hydrogen-bond acceptors (Lipinski definition) is 7. The van der Waals surface area contributed by atoms with Crippen LogP contribution in [0.5, 0.6) is 0 Å². The maximum atomic E-state index is 11.6. The Morgan fingerprint density at radius 2 is 1.64 bits per heavy atom. The molecule has 0 aromatic carbocycles. The van der Waals surface area contributed by atoms with E-state index < -0.39 is 33.7 Å². The van der Waals surface area contributed by atoms with E-state index in [-0.39, 0.29) is 42.8 Å². The van der Waals surface area contributed by atoms with E-state index in [1.807, 2.05) is 0 Å². The Morgan fingerprint density at radius 3 is 2.16 bits per heavy atom. The molecule has 7 nitrogen and oxygen atoms in total. The van der Waals surface area contributed by atoms with Gasteiger partial charge in [0.2, 0.25) is 0 Å². The topological polar surface area (TPSA) is 110 Å². The average Bonchev–Trinajstić information content (AvgIpc) is 2.51. The molecular formula is C16H27NaO7S. The van der Waals surface area contributed by atoms with E-state index in [4.69, 9.17) is 4.74 Å². The first-order valence-electron chi connectivity index (χ1n) is 8.20. The third kappa shape index (κ3) is 14.4. The van der Waals surface area contributed by atoms with Crippen LogP contribution in [-0.2, 0) is 29.2 Å². The van der Waals surface area contributed by atoms with Gasteiger partial charge in [0.15, 0.2) is 5.25 Å². The zero-order chi connectivity index (χ0) is 18.4. The molecule has 0 aromatic heterocycles. The largest absolute Gasteiger partial charge is 1.00 e. The molecule has 0 aliphatic carbocycles. The maximum absolute atomic E-state index is 11.6. The molecule has 140 valence electrons. The van der Waals surface area contributed by atoms with Crippen LogP contribution in [0.3, 0.4) is 0 Å². The summed E-state index contributed by atoms with van der Waals surface area (Å²) in [5.74, 6) is -2.17. The van der Waals surface area contributed by atoms with Crippen LogP contribution >= 0.6 is 0 Å². The second kappa shape index (κ2) is 15.8. The minimum Gasteiger partial charge on any atom is -0.747 e. The van der Waals surface area contributed by atoms with Crippen molar-refractivity contribution in [3.05, 3.63) is 12.7 Å². The average molecular weight is 386 g/mol. The van der Waals surface area contributed by atoms with E-state index in [9.17, 15) is 22.6 Å². The number of ether oxygens (including phenoxy) is 2. The molecular weight excluding hydrogens is 359 g/mol. The predicted molar refractivity (Wildman–Crippen MR) is 88.2 cm³/mol. The molecule has 0 fully saturated rings. The van der Waals surface area contributed by atoms with Gasteiger partial charge in [-0.05, 0) is 6.42 Å². The fourth-order valence-corrected chi connectivity index (χ4v) is 2.64. The van der Waals surface area contributed by atoms with Crippen molar-refractivity contribution in [1.29, 1.82) is 0 Å². The second-order valence-corrected chi connectivity index (χ2v) is 7.00. The SMILES string of the molecule is C=CCOC(=O)C(CC(=O)OCCCCCCCCC)S(=O)(=O)[O-].[Na+]. The summed E-state index contributed by atoms with van der Waals surface area (Å²) in [6.45, 7) is 5.34. The first kappa shape index (κ1) is 26.8. The van der Waals surface area contributed by atoms with Crippen molar-refractivity contribution >= 4 is 22.1 Å². The van der Waals surface area contributed by atoms with Crippen molar-refractivity contribution in [3.63, 3.8) is 0 Å². The summed E-state index contributed by atoms with van der Waals surface area (Å²) in [7, 11) is -5.00. The van der Waals surface area contributed by atoms with E-state index in [0.29, 0.717) is 6.42 Å². The smallest absolute Gasteiger partial charge is 0.747 e. The van der Waals surface area contributed by atoms with Crippen LogP contribution in [0.15, 0.2) is 12.7 Å².